The first kappa shape index (κ1) is 20.0. The molecule has 4 rings (SSSR count). The highest BCUT2D eigenvalue weighted by molar-refractivity contribution is 6.30. The molecule has 1 heterocycles. The van der Waals surface area contributed by atoms with Crippen molar-refractivity contribution in [2.24, 2.45) is 0 Å². The van der Waals surface area contributed by atoms with Gasteiger partial charge >= 0.3 is 0 Å². The van der Waals surface area contributed by atoms with Crippen molar-refractivity contribution in [3.05, 3.63) is 105 Å². The first-order chi connectivity index (χ1) is 14.5. The van der Waals surface area contributed by atoms with E-state index in [-0.39, 0.29) is 11.5 Å². The molecule has 2 N–H and O–H groups in total. The molecule has 4 aromatic rings. The molecule has 148 valence electrons. The van der Waals surface area contributed by atoms with Crippen LogP contribution in [0.2, 0.25) is 10.0 Å². The molecule has 3 aromatic carbocycles. The summed E-state index contributed by atoms with van der Waals surface area (Å²) in [7, 11) is 0. The largest absolute Gasteiger partial charge is 0.507 e. The summed E-state index contributed by atoms with van der Waals surface area (Å²) in [5.74, 6) is 0.0220. The number of aliphatic hydroxyl groups excluding tert-OH is 2. The number of rotatable bonds is 4. The van der Waals surface area contributed by atoms with Crippen molar-refractivity contribution in [1.82, 2.24) is 9.97 Å². The van der Waals surface area contributed by atoms with Crippen LogP contribution in [0, 0.1) is 0 Å². The summed E-state index contributed by atoms with van der Waals surface area (Å²) in [6.45, 7) is 0. The fourth-order valence-corrected chi connectivity index (χ4v) is 3.16. The van der Waals surface area contributed by atoms with E-state index in [9.17, 15) is 10.2 Å². The average Bonchev–Trinajstić information content (AvgIpc) is 2.75. The number of fused-ring (bicyclic) bond motifs is 1. The summed E-state index contributed by atoms with van der Waals surface area (Å²) in [6.07, 6.45) is 3.04. The summed E-state index contributed by atoms with van der Waals surface area (Å²) in [6, 6.07) is 21.0. The zero-order chi connectivity index (χ0) is 21.1. The van der Waals surface area contributed by atoms with Gasteiger partial charge in [-0.25, -0.2) is 9.97 Å². The minimum atomic E-state index is 0.0110. The molecule has 0 atom stereocenters. The van der Waals surface area contributed by atoms with E-state index in [0.29, 0.717) is 43.6 Å². The SMILES string of the molecule is OC(=Cc1nc2ccccc2nc1C=C(O)c1ccc(Cl)cc1)c1ccc(Cl)cc1. The monoisotopic (exact) mass is 434 g/mol. The molecule has 0 fully saturated rings. The van der Waals surface area contributed by atoms with Crippen LogP contribution in [-0.4, -0.2) is 20.2 Å². The number of benzene rings is 3. The molecule has 0 aliphatic rings. The van der Waals surface area contributed by atoms with Crippen molar-refractivity contribution in [1.29, 1.82) is 0 Å². The van der Waals surface area contributed by atoms with Gasteiger partial charge in [0.1, 0.15) is 11.5 Å². The lowest BCUT2D eigenvalue weighted by atomic mass is 10.1. The Morgan fingerprint density at radius 1 is 0.600 bits per heavy atom. The molecule has 0 amide bonds. The first-order valence-electron chi connectivity index (χ1n) is 9.09. The molecule has 0 aliphatic heterocycles. The smallest absolute Gasteiger partial charge is 0.125 e. The second-order valence-electron chi connectivity index (χ2n) is 6.56. The number of aliphatic hydroxyl groups is 2. The van der Waals surface area contributed by atoms with Gasteiger partial charge in [0, 0.05) is 33.3 Å². The highest BCUT2D eigenvalue weighted by atomic mass is 35.5. The van der Waals surface area contributed by atoms with Crippen molar-refractivity contribution in [3.63, 3.8) is 0 Å². The molecule has 4 nitrogen and oxygen atoms in total. The van der Waals surface area contributed by atoms with Crippen LogP contribution in [0.4, 0.5) is 0 Å². The molecular weight excluding hydrogens is 419 g/mol. The second kappa shape index (κ2) is 8.57. The number of nitrogens with zero attached hydrogens (tertiary/aromatic N) is 2. The molecule has 0 saturated carbocycles. The topological polar surface area (TPSA) is 66.2 Å². The van der Waals surface area contributed by atoms with E-state index < -0.39 is 0 Å². The Bertz CT molecular complexity index is 1160. The van der Waals surface area contributed by atoms with Gasteiger partial charge in [-0.15, -0.1) is 0 Å². The van der Waals surface area contributed by atoms with Gasteiger partial charge in [0.15, 0.2) is 0 Å². The fourth-order valence-electron chi connectivity index (χ4n) is 2.91. The molecular formula is C24H16Cl2N2O2. The molecule has 0 saturated heterocycles. The van der Waals surface area contributed by atoms with Gasteiger partial charge in [-0.2, -0.15) is 0 Å². The van der Waals surface area contributed by atoms with Gasteiger partial charge < -0.3 is 10.2 Å². The quantitative estimate of drug-likeness (QED) is 0.337. The van der Waals surface area contributed by atoms with Crippen molar-refractivity contribution in [2.75, 3.05) is 0 Å². The Hall–Kier alpha value is -3.34. The van der Waals surface area contributed by atoms with Crippen LogP contribution in [-0.2, 0) is 0 Å². The van der Waals surface area contributed by atoms with Crippen LogP contribution < -0.4 is 0 Å². The third-order valence-corrected chi connectivity index (χ3v) is 4.96. The third kappa shape index (κ3) is 4.46. The number of hydrogen-bond donors (Lipinski definition) is 2. The Kier molecular flexibility index (Phi) is 5.70. The summed E-state index contributed by atoms with van der Waals surface area (Å²) >= 11 is 11.9. The summed E-state index contributed by atoms with van der Waals surface area (Å²) in [5, 5.41) is 22.3. The number of halogens is 2. The number of hydrogen-bond acceptors (Lipinski definition) is 4. The van der Waals surface area contributed by atoms with Gasteiger partial charge in [0.05, 0.1) is 22.4 Å². The molecule has 0 bridgehead atoms. The standard InChI is InChI=1S/C24H16Cl2N2O2/c25-17-9-5-15(6-10-17)23(29)13-21-22(28-20-4-2-1-3-19(20)27-21)14-24(30)16-7-11-18(26)12-8-16/h1-14,29-30H. The normalized spacial score (nSPS) is 12.3. The first-order valence-corrected chi connectivity index (χ1v) is 9.85. The van der Waals surface area contributed by atoms with Crippen molar-refractivity contribution < 1.29 is 10.2 Å². The highest BCUT2D eigenvalue weighted by Gasteiger charge is 2.10. The highest BCUT2D eigenvalue weighted by Crippen LogP contribution is 2.24. The summed E-state index contributed by atoms with van der Waals surface area (Å²) in [5.41, 5.74) is 3.37. The zero-order valence-corrected chi connectivity index (χ0v) is 17.1. The third-order valence-electron chi connectivity index (χ3n) is 4.45. The predicted molar refractivity (Wildman–Crippen MR) is 123 cm³/mol. The molecule has 0 aliphatic carbocycles. The van der Waals surface area contributed by atoms with E-state index in [0.717, 1.165) is 0 Å². The van der Waals surface area contributed by atoms with Crippen molar-refractivity contribution in [3.8, 4) is 0 Å². The van der Waals surface area contributed by atoms with E-state index in [1.54, 1.807) is 48.5 Å². The van der Waals surface area contributed by atoms with Gasteiger partial charge in [-0.3, -0.25) is 0 Å². The van der Waals surface area contributed by atoms with Gasteiger partial charge in [0.2, 0.25) is 0 Å². The van der Waals surface area contributed by atoms with Gasteiger partial charge in [0.25, 0.3) is 0 Å². The minimum Gasteiger partial charge on any atom is -0.507 e. The van der Waals surface area contributed by atoms with E-state index >= 15 is 0 Å². The van der Waals surface area contributed by atoms with Crippen molar-refractivity contribution >= 4 is 57.9 Å². The molecule has 0 spiro atoms. The van der Waals surface area contributed by atoms with E-state index in [1.807, 2.05) is 24.3 Å². The molecule has 0 radical (unpaired) electrons. The average molecular weight is 435 g/mol. The lowest BCUT2D eigenvalue weighted by Crippen LogP contribution is -1.96. The Morgan fingerprint density at radius 3 is 1.33 bits per heavy atom. The maximum absolute atomic E-state index is 10.6. The second-order valence-corrected chi connectivity index (χ2v) is 7.43. The Morgan fingerprint density at radius 2 is 0.967 bits per heavy atom. The minimum absolute atomic E-state index is 0.0110. The number of para-hydroxylation sites is 2. The summed E-state index contributed by atoms with van der Waals surface area (Å²) < 4.78 is 0. The summed E-state index contributed by atoms with van der Waals surface area (Å²) in [4.78, 5) is 9.23. The Labute approximate surface area is 183 Å². The fraction of sp³-hybridized carbons (Fsp3) is 0. The van der Waals surface area contributed by atoms with Crippen LogP contribution in [0.15, 0.2) is 72.8 Å². The molecule has 6 heteroatoms. The van der Waals surface area contributed by atoms with E-state index in [1.165, 1.54) is 12.2 Å². The van der Waals surface area contributed by atoms with E-state index in [2.05, 4.69) is 9.97 Å². The van der Waals surface area contributed by atoms with Crippen LogP contribution in [0.25, 0.3) is 34.7 Å². The maximum atomic E-state index is 10.6. The molecule has 1 aromatic heterocycles. The molecule has 30 heavy (non-hydrogen) atoms. The van der Waals surface area contributed by atoms with Gasteiger partial charge in [-0.05, 0) is 60.7 Å². The van der Waals surface area contributed by atoms with E-state index in [4.69, 9.17) is 23.2 Å². The zero-order valence-electron chi connectivity index (χ0n) is 15.6. The number of aromatic nitrogens is 2. The van der Waals surface area contributed by atoms with Crippen molar-refractivity contribution in [2.45, 2.75) is 0 Å². The van der Waals surface area contributed by atoms with Crippen LogP contribution in [0.1, 0.15) is 22.5 Å². The molecule has 0 unspecified atom stereocenters. The van der Waals surface area contributed by atoms with Crippen LogP contribution in [0.3, 0.4) is 0 Å². The maximum Gasteiger partial charge on any atom is 0.125 e. The Balaban J connectivity index is 1.83. The van der Waals surface area contributed by atoms with Crippen LogP contribution >= 0.6 is 23.2 Å². The lowest BCUT2D eigenvalue weighted by Gasteiger charge is -2.07. The van der Waals surface area contributed by atoms with Crippen LogP contribution in [0.5, 0.6) is 0 Å². The van der Waals surface area contributed by atoms with Gasteiger partial charge in [-0.1, -0.05) is 35.3 Å². The lowest BCUT2D eigenvalue weighted by molar-refractivity contribution is 0.514. The predicted octanol–water partition coefficient (Wildman–Crippen LogP) is 7.05.